The molecule has 0 N–H and O–H groups in total. The standard InChI is InChI=1S/C19H16F4N4O/c20-15-4-6-16(7-5-15)27-8-9-28-18(27)17-12-26(25-24-17)11-13-2-1-3-14(10-13)19(21,22)23/h1-7,10,12,18H,8-9,11H2/t18-/m0/s1. The second kappa shape index (κ2) is 7.23. The van der Waals surface area contributed by atoms with Gasteiger partial charge in [0.15, 0.2) is 6.23 Å². The summed E-state index contributed by atoms with van der Waals surface area (Å²) in [6.45, 7) is 1.24. The van der Waals surface area contributed by atoms with Crippen molar-refractivity contribution in [3.8, 4) is 0 Å². The normalized spacial score (nSPS) is 17.3. The molecule has 9 heteroatoms. The van der Waals surface area contributed by atoms with Crippen LogP contribution in [0.4, 0.5) is 23.2 Å². The van der Waals surface area contributed by atoms with Crippen LogP contribution < -0.4 is 4.90 Å². The molecule has 1 atom stereocenters. The predicted octanol–water partition coefficient (Wildman–Crippen LogP) is 4.02. The highest BCUT2D eigenvalue weighted by atomic mass is 19.4. The van der Waals surface area contributed by atoms with Crippen LogP contribution in [0.5, 0.6) is 0 Å². The van der Waals surface area contributed by atoms with Crippen molar-refractivity contribution in [2.75, 3.05) is 18.1 Å². The van der Waals surface area contributed by atoms with Crippen molar-refractivity contribution in [2.24, 2.45) is 0 Å². The van der Waals surface area contributed by atoms with Crippen molar-refractivity contribution in [2.45, 2.75) is 18.9 Å². The summed E-state index contributed by atoms with van der Waals surface area (Å²) in [5.74, 6) is -0.326. The van der Waals surface area contributed by atoms with Crippen LogP contribution in [0.25, 0.3) is 0 Å². The van der Waals surface area contributed by atoms with Gasteiger partial charge in [-0.15, -0.1) is 5.10 Å². The molecule has 2 heterocycles. The van der Waals surface area contributed by atoms with E-state index in [1.807, 2.05) is 4.90 Å². The molecular formula is C19H16F4N4O. The van der Waals surface area contributed by atoms with E-state index < -0.39 is 18.0 Å². The van der Waals surface area contributed by atoms with Crippen LogP contribution >= 0.6 is 0 Å². The molecule has 4 rings (SSSR count). The SMILES string of the molecule is Fc1ccc(N2CCO[C@H]2c2cn(Cc3cccc(C(F)(F)F)c3)nn2)cc1. The van der Waals surface area contributed by atoms with E-state index in [-0.39, 0.29) is 12.4 Å². The van der Waals surface area contributed by atoms with Crippen molar-refractivity contribution in [1.82, 2.24) is 15.0 Å². The topological polar surface area (TPSA) is 43.2 Å². The molecule has 1 aromatic heterocycles. The monoisotopic (exact) mass is 392 g/mol. The molecule has 0 unspecified atom stereocenters. The molecule has 3 aromatic rings. The third-order valence-electron chi connectivity index (χ3n) is 4.46. The van der Waals surface area contributed by atoms with Crippen LogP contribution in [0.2, 0.25) is 0 Å². The highest BCUT2D eigenvalue weighted by Crippen LogP contribution is 2.32. The van der Waals surface area contributed by atoms with Gasteiger partial charge in [0.25, 0.3) is 0 Å². The Labute approximate surface area is 158 Å². The first-order chi connectivity index (χ1) is 13.4. The van der Waals surface area contributed by atoms with E-state index in [4.69, 9.17) is 4.74 Å². The molecule has 5 nitrogen and oxygen atoms in total. The Balaban J connectivity index is 1.52. The lowest BCUT2D eigenvalue weighted by molar-refractivity contribution is -0.137. The van der Waals surface area contributed by atoms with E-state index in [9.17, 15) is 17.6 Å². The van der Waals surface area contributed by atoms with Crippen molar-refractivity contribution in [3.05, 3.63) is 77.4 Å². The molecular weight excluding hydrogens is 376 g/mol. The molecule has 0 bridgehead atoms. The second-order valence-electron chi connectivity index (χ2n) is 6.43. The number of hydrogen-bond acceptors (Lipinski definition) is 4. The van der Waals surface area contributed by atoms with E-state index in [2.05, 4.69) is 10.3 Å². The number of halogens is 4. The Hall–Kier alpha value is -2.94. The zero-order valence-electron chi connectivity index (χ0n) is 14.6. The maximum absolute atomic E-state index is 13.2. The average molecular weight is 392 g/mol. The summed E-state index contributed by atoms with van der Waals surface area (Å²) in [7, 11) is 0. The van der Waals surface area contributed by atoms with Crippen molar-refractivity contribution in [3.63, 3.8) is 0 Å². The van der Waals surface area contributed by atoms with Crippen LogP contribution in [-0.4, -0.2) is 28.1 Å². The molecule has 0 amide bonds. The highest BCUT2D eigenvalue weighted by Gasteiger charge is 2.31. The van der Waals surface area contributed by atoms with Crippen molar-refractivity contribution < 1.29 is 22.3 Å². The number of hydrogen-bond donors (Lipinski definition) is 0. The summed E-state index contributed by atoms with van der Waals surface area (Å²) in [5.41, 5.74) is 1.09. The lowest BCUT2D eigenvalue weighted by Crippen LogP contribution is -2.23. The Bertz CT molecular complexity index is 955. The summed E-state index contributed by atoms with van der Waals surface area (Å²) in [6, 6.07) is 11.2. The fourth-order valence-corrected chi connectivity index (χ4v) is 3.15. The van der Waals surface area contributed by atoms with Crippen LogP contribution in [0.15, 0.2) is 54.7 Å². The zero-order valence-corrected chi connectivity index (χ0v) is 14.6. The summed E-state index contributed by atoms with van der Waals surface area (Å²) in [6.07, 6.45) is -3.23. The Kier molecular flexibility index (Phi) is 4.76. The first-order valence-electron chi connectivity index (χ1n) is 8.60. The molecule has 0 spiro atoms. The lowest BCUT2D eigenvalue weighted by atomic mass is 10.1. The smallest absolute Gasteiger partial charge is 0.350 e. The van der Waals surface area contributed by atoms with Crippen molar-refractivity contribution in [1.29, 1.82) is 0 Å². The number of rotatable bonds is 4. The number of benzene rings is 2. The number of nitrogens with zero attached hydrogens (tertiary/aromatic N) is 4. The molecule has 146 valence electrons. The lowest BCUT2D eigenvalue weighted by Gasteiger charge is -2.23. The summed E-state index contributed by atoms with van der Waals surface area (Å²) < 4.78 is 59.0. The van der Waals surface area contributed by atoms with E-state index in [0.29, 0.717) is 24.4 Å². The van der Waals surface area contributed by atoms with Gasteiger partial charge in [-0.2, -0.15) is 13.2 Å². The molecule has 0 radical (unpaired) electrons. The van der Waals surface area contributed by atoms with Gasteiger partial charge in [0.1, 0.15) is 11.5 Å². The van der Waals surface area contributed by atoms with Gasteiger partial charge < -0.3 is 9.64 Å². The number of ether oxygens (including phenoxy) is 1. The van der Waals surface area contributed by atoms with Crippen LogP contribution in [0.1, 0.15) is 23.0 Å². The van der Waals surface area contributed by atoms with Gasteiger partial charge in [0.2, 0.25) is 0 Å². The molecule has 1 aliphatic heterocycles. The first kappa shape index (κ1) is 18.4. The fraction of sp³-hybridized carbons (Fsp3) is 0.263. The minimum absolute atomic E-state index is 0.153. The molecule has 1 aliphatic rings. The Morgan fingerprint density at radius 2 is 1.89 bits per heavy atom. The maximum Gasteiger partial charge on any atom is 0.416 e. The van der Waals surface area contributed by atoms with Gasteiger partial charge in [0, 0.05) is 12.2 Å². The average Bonchev–Trinajstić information content (AvgIpc) is 3.31. The fourth-order valence-electron chi connectivity index (χ4n) is 3.15. The third-order valence-corrected chi connectivity index (χ3v) is 4.46. The van der Waals surface area contributed by atoms with Gasteiger partial charge in [-0.3, -0.25) is 0 Å². The van der Waals surface area contributed by atoms with Gasteiger partial charge in [-0.1, -0.05) is 17.3 Å². The predicted molar refractivity (Wildman–Crippen MR) is 93.0 cm³/mol. The summed E-state index contributed by atoms with van der Waals surface area (Å²) >= 11 is 0. The summed E-state index contributed by atoms with van der Waals surface area (Å²) in [5, 5.41) is 8.12. The van der Waals surface area contributed by atoms with Gasteiger partial charge in [-0.05, 0) is 42.0 Å². The molecule has 28 heavy (non-hydrogen) atoms. The van der Waals surface area contributed by atoms with Gasteiger partial charge in [0.05, 0.1) is 24.9 Å². The van der Waals surface area contributed by atoms with Crippen LogP contribution in [-0.2, 0) is 17.5 Å². The van der Waals surface area contributed by atoms with Crippen LogP contribution in [0, 0.1) is 5.82 Å². The van der Waals surface area contributed by atoms with E-state index in [0.717, 1.165) is 17.8 Å². The molecule has 1 fully saturated rings. The van der Waals surface area contributed by atoms with E-state index in [1.54, 1.807) is 24.4 Å². The van der Waals surface area contributed by atoms with Gasteiger partial charge in [-0.25, -0.2) is 9.07 Å². The molecule has 0 aliphatic carbocycles. The second-order valence-corrected chi connectivity index (χ2v) is 6.43. The first-order valence-corrected chi connectivity index (χ1v) is 8.60. The quantitative estimate of drug-likeness (QED) is 0.629. The van der Waals surface area contributed by atoms with E-state index in [1.165, 1.54) is 22.9 Å². The van der Waals surface area contributed by atoms with Crippen LogP contribution in [0.3, 0.4) is 0 Å². The van der Waals surface area contributed by atoms with Crippen molar-refractivity contribution >= 4 is 5.69 Å². The number of anilines is 1. The highest BCUT2D eigenvalue weighted by molar-refractivity contribution is 5.48. The minimum Gasteiger partial charge on any atom is -0.350 e. The largest absolute Gasteiger partial charge is 0.416 e. The summed E-state index contributed by atoms with van der Waals surface area (Å²) in [4.78, 5) is 1.93. The minimum atomic E-state index is -4.39. The zero-order chi connectivity index (χ0) is 19.7. The Morgan fingerprint density at radius 1 is 1.11 bits per heavy atom. The Morgan fingerprint density at radius 3 is 2.64 bits per heavy atom. The molecule has 0 saturated carbocycles. The number of alkyl halides is 3. The van der Waals surface area contributed by atoms with E-state index >= 15 is 0 Å². The number of aromatic nitrogens is 3. The third kappa shape index (κ3) is 3.84. The molecule has 1 saturated heterocycles. The molecule has 2 aromatic carbocycles. The maximum atomic E-state index is 13.2. The van der Waals surface area contributed by atoms with Gasteiger partial charge >= 0.3 is 6.18 Å².